The third-order valence-corrected chi connectivity index (χ3v) is 6.64. The number of aliphatic hydroxyl groups is 1. The van der Waals surface area contributed by atoms with Crippen molar-refractivity contribution in [3.05, 3.63) is 23.5 Å². The second-order valence-electron chi connectivity index (χ2n) is 8.93. The average Bonchev–Trinajstić information content (AvgIpc) is 3.07. The van der Waals surface area contributed by atoms with E-state index in [1.807, 2.05) is 0 Å². The van der Waals surface area contributed by atoms with Gasteiger partial charge in [0.2, 0.25) is 5.78 Å². The lowest BCUT2D eigenvalue weighted by molar-refractivity contribution is -0.133. The van der Waals surface area contributed by atoms with Crippen molar-refractivity contribution >= 4 is 17.7 Å². The molecule has 3 heterocycles. The molecule has 1 aliphatic carbocycles. The summed E-state index contributed by atoms with van der Waals surface area (Å²) >= 11 is 0. The van der Waals surface area contributed by atoms with Crippen LogP contribution in [-0.2, 0) is 14.3 Å². The van der Waals surface area contributed by atoms with Crippen LogP contribution in [0.15, 0.2) is 23.5 Å². The number of urea groups is 1. The summed E-state index contributed by atoms with van der Waals surface area (Å²) in [6.45, 7) is 5.33. The first kappa shape index (κ1) is 22.7. The molecule has 4 aliphatic rings. The number of ether oxygens (including phenoxy) is 1. The normalized spacial score (nSPS) is 31.0. The summed E-state index contributed by atoms with van der Waals surface area (Å²) in [4.78, 5) is 41.9. The molecule has 1 spiro atoms. The van der Waals surface area contributed by atoms with E-state index in [9.17, 15) is 23.9 Å². The van der Waals surface area contributed by atoms with Crippen LogP contribution >= 0.6 is 0 Å². The number of piperidine rings is 1. The molecule has 3 aliphatic heterocycles. The van der Waals surface area contributed by atoms with Crippen LogP contribution in [0, 0.1) is 0 Å². The van der Waals surface area contributed by atoms with Gasteiger partial charge in [-0.05, 0) is 44.9 Å². The average molecular weight is 451 g/mol. The molecule has 0 saturated carbocycles. The van der Waals surface area contributed by atoms with Crippen LogP contribution in [0.1, 0.15) is 32.6 Å². The number of allylic oxidation sites excluding steroid dienone is 2. The summed E-state index contributed by atoms with van der Waals surface area (Å²) in [5, 5.41) is 15.2. The van der Waals surface area contributed by atoms with E-state index in [0.717, 1.165) is 45.0 Å². The number of aliphatic hydroxyl groups excluding tert-OH is 1. The highest BCUT2D eigenvalue weighted by molar-refractivity contribution is 6.05. The summed E-state index contributed by atoms with van der Waals surface area (Å²) in [6, 6.07) is -0.333. The first-order valence-electron chi connectivity index (χ1n) is 11.4. The fraction of sp³-hybridized carbons (Fsp3) is 0.682. The smallest absolute Gasteiger partial charge is 0.318 e. The minimum absolute atomic E-state index is 0.0657. The molecule has 32 heavy (non-hydrogen) atoms. The van der Waals surface area contributed by atoms with Gasteiger partial charge in [-0.25, -0.2) is 9.18 Å². The van der Waals surface area contributed by atoms with Crippen LogP contribution in [0.2, 0.25) is 0 Å². The fourth-order valence-electron chi connectivity index (χ4n) is 5.01. The van der Waals surface area contributed by atoms with E-state index >= 15 is 0 Å². The van der Waals surface area contributed by atoms with Crippen molar-refractivity contribution < 1.29 is 28.6 Å². The first-order valence-corrected chi connectivity index (χ1v) is 11.4. The Labute approximate surface area is 186 Å². The van der Waals surface area contributed by atoms with Crippen molar-refractivity contribution in [2.24, 2.45) is 0 Å². The molecule has 0 bridgehead atoms. The number of carbonyl (C=O) groups is 3. The number of fused-ring (bicyclic) bond motifs is 1. The van der Waals surface area contributed by atoms with Crippen LogP contribution in [0.4, 0.5) is 9.18 Å². The lowest BCUT2D eigenvalue weighted by Gasteiger charge is -2.40. The molecular weight excluding hydrogens is 419 g/mol. The third kappa shape index (κ3) is 4.38. The molecule has 3 N–H and O–H groups in total. The predicted octanol–water partition coefficient (Wildman–Crippen LogP) is 0.253. The summed E-state index contributed by atoms with van der Waals surface area (Å²) in [5.41, 5.74) is -1.06. The number of nitrogens with one attached hydrogen (secondary N) is 2. The zero-order valence-electron chi connectivity index (χ0n) is 18.3. The maximum atomic E-state index is 14.2. The Morgan fingerprint density at radius 3 is 2.81 bits per heavy atom. The summed E-state index contributed by atoms with van der Waals surface area (Å²) < 4.78 is 20.0. The Balaban J connectivity index is 1.48. The van der Waals surface area contributed by atoms with Crippen LogP contribution in [0.25, 0.3) is 0 Å². The molecule has 3 atom stereocenters. The van der Waals surface area contributed by atoms with Crippen molar-refractivity contribution in [3.63, 3.8) is 0 Å². The molecule has 3 amide bonds. The molecular formula is C22H31FN4O5. The van der Waals surface area contributed by atoms with E-state index in [4.69, 9.17) is 4.74 Å². The Hall–Kier alpha value is -2.46. The van der Waals surface area contributed by atoms with Crippen LogP contribution in [-0.4, -0.2) is 95.8 Å². The van der Waals surface area contributed by atoms with E-state index in [-0.39, 0.29) is 42.3 Å². The molecule has 4 rings (SSSR count). The van der Waals surface area contributed by atoms with Gasteiger partial charge in [-0.3, -0.25) is 9.59 Å². The zero-order chi connectivity index (χ0) is 22.9. The largest absolute Gasteiger partial charge is 0.480 e. The minimum atomic E-state index is -1.80. The topological polar surface area (TPSA) is 111 Å². The quantitative estimate of drug-likeness (QED) is 0.535. The molecule has 0 radical (unpaired) electrons. The van der Waals surface area contributed by atoms with E-state index < -0.39 is 23.6 Å². The van der Waals surface area contributed by atoms with Crippen LogP contribution in [0.3, 0.4) is 0 Å². The predicted molar refractivity (Wildman–Crippen MR) is 113 cm³/mol. The second-order valence-corrected chi connectivity index (χ2v) is 8.93. The Morgan fingerprint density at radius 2 is 2.09 bits per heavy atom. The Morgan fingerprint density at radius 1 is 1.34 bits per heavy atom. The summed E-state index contributed by atoms with van der Waals surface area (Å²) in [5.74, 6) is -0.909. The number of amides is 3. The number of carbonyl (C=O) groups excluding carboxylic acids is 3. The van der Waals surface area contributed by atoms with Gasteiger partial charge in [0, 0.05) is 32.6 Å². The minimum Gasteiger partial charge on any atom is -0.480 e. The number of likely N-dealkylation sites (tertiary alicyclic amines) is 1. The van der Waals surface area contributed by atoms with Crippen molar-refractivity contribution in [1.82, 2.24) is 20.4 Å². The monoisotopic (exact) mass is 450 g/mol. The summed E-state index contributed by atoms with van der Waals surface area (Å²) in [7, 11) is 0. The van der Waals surface area contributed by atoms with Crippen molar-refractivity contribution in [1.29, 1.82) is 0 Å². The van der Waals surface area contributed by atoms with Gasteiger partial charge in [-0.15, -0.1) is 0 Å². The highest BCUT2D eigenvalue weighted by Gasteiger charge is 2.55. The number of rotatable bonds is 6. The highest BCUT2D eigenvalue weighted by atomic mass is 19.1. The molecule has 0 aromatic rings. The molecule has 176 valence electrons. The fourth-order valence-corrected chi connectivity index (χ4v) is 5.01. The van der Waals surface area contributed by atoms with E-state index in [2.05, 4.69) is 15.5 Å². The third-order valence-electron chi connectivity index (χ3n) is 6.64. The van der Waals surface area contributed by atoms with Crippen molar-refractivity contribution in [3.8, 4) is 0 Å². The molecule has 9 nitrogen and oxygen atoms in total. The number of ketones is 1. The number of alkyl halides is 1. The first-order chi connectivity index (χ1) is 15.3. The molecule has 0 aromatic carbocycles. The van der Waals surface area contributed by atoms with Gasteiger partial charge in [0.05, 0.1) is 23.8 Å². The standard InChI is InChI=1S/C22H31FN4O5/c1-2-24-20(30)17-12-22(18-16(32-17)5-4-15(23)19(18)29)13-27(21(31)25-22)9-3-8-26-10-6-14(28)7-11-26/h4-5,14-15,17,28H,2-3,6-13H2,1H3,(H,24,30)(H,25,31)/t15?,17-,22+/m0/s1. The van der Waals surface area contributed by atoms with Crippen LogP contribution in [0.5, 0.6) is 0 Å². The van der Waals surface area contributed by atoms with Crippen molar-refractivity contribution in [2.45, 2.75) is 56.5 Å². The second kappa shape index (κ2) is 9.19. The van der Waals surface area contributed by atoms with Gasteiger partial charge in [0.1, 0.15) is 5.76 Å². The number of hydrogen-bond acceptors (Lipinski definition) is 6. The SMILES string of the molecule is CCNC(=O)[C@@H]1C[C@@]2(CN(CCCN3CCC(O)CC3)C(=O)N2)C2=C(C=CC(F)C2=O)O1. The maximum absolute atomic E-state index is 14.2. The van der Waals surface area contributed by atoms with Gasteiger partial charge >= 0.3 is 6.03 Å². The van der Waals surface area contributed by atoms with Crippen molar-refractivity contribution in [2.75, 3.05) is 39.3 Å². The molecule has 10 heteroatoms. The molecule has 1 unspecified atom stereocenters. The number of Topliss-reactive ketones (excluding diaryl/α,β-unsaturated/α-hetero) is 1. The highest BCUT2D eigenvalue weighted by Crippen LogP contribution is 2.40. The zero-order valence-corrected chi connectivity index (χ0v) is 18.3. The number of nitrogens with zero attached hydrogens (tertiary/aromatic N) is 2. The van der Waals surface area contributed by atoms with Gasteiger partial charge in [-0.2, -0.15) is 0 Å². The molecule has 2 saturated heterocycles. The number of likely N-dealkylation sites (N-methyl/N-ethyl adjacent to an activating group) is 1. The summed E-state index contributed by atoms with van der Waals surface area (Å²) in [6.07, 6.45) is 1.89. The van der Waals surface area contributed by atoms with E-state index in [1.54, 1.807) is 11.8 Å². The Bertz CT molecular complexity index is 838. The lowest BCUT2D eigenvalue weighted by Crippen LogP contribution is -2.57. The molecule has 0 aromatic heterocycles. The van der Waals surface area contributed by atoms with E-state index in [0.29, 0.717) is 13.1 Å². The van der Waals surface area contributed by atoms with Gasteiger partial charge < -0.3 is 30.3 Å². The number of hydrogen-bond donors (Lipinski definition) is 3. The molecule has 2 fully saturated rings. The lowest BCUT2D eigenvalue weighted by atomic mass is 9.77. The number of halogens is 1. The van der Waals surface area contributed by atoms with Gasteiger partial charge in [0.15, 0.2) is 12.3 Å². The Kier molecular flexibility index (Phi) is 6.52. The van der Waals surface area contributed by atoms with Gasteiger partial charge in [-0.1, -0.05) is 0 Å². The van der Waals surface area contributed by atoms with Crippen LogP contribution < -0.4 is 10.6 Å². The maximum Gasteiger partial charge on any atom is 0.318 e. The van der Waals surface area contributed by atoms with Gasteiger partial charge in [0.25, 0.3) is 5.91 Å². The van der Waals surface area contributed by atoms with E-state index in [1.165, 1.54) is 6.08 Å².